The van der Waals surface area contributed by atoms with Gasteiger partial charge in [-0.25, -0.2) is 0 Å². The molecule has 0 bridgehead atoms. The first-order chi connectivity index (χ1) is 8.27. The van der Waals surface area contributed by atoms with Gasteiger partial charge in [0.1, 0.15) is 0 Å². The van der Waals surface area contributed by atoms with E-state index in [0.717, 1.165) is 23.4 Å². The van der Waals surface area contributed by atoms with Crippen LogP contribution in [0.2, 0.25) is 0 Å². The smallest absolute Gasteiger partial charge is 0.309 e. The molecule has 0 radical (unpaired) electrons. The van der Waals surface area contributed by atoms with Crippen molar-refractivity contribution in [2.24, 2.45) is 10.9 Å². The quantitative estimate of drug-likeness (QED) is 0.796. The minimum atomic E-state index is -0.785. The first-order valence-corrected chi connectivity index (χ1v) is 5.65. The summed E-state index contributed by atoms with van der Waals surface area (Å²) >= 11 is 0. The second-order valence-corrected chi connectivity index (χ2v) is 4.34. The van der Waals surface area contributed by atoms with E-state index < -0.39 is 11.9 Å². The summed E-state index contributed by atoms with van der Waals surface area (Å²) in [4.78, 5) is 20.0. The number of rotatable bonds is 1. The van der Waals surface area contributed by atoms with Crippen molar-refractivity contribution >= 4 is 17.8 Å². The van der Waals surface area contributed by atoms with Crippen LogP contribution in [0, 0.1) is 5.92 Å². The number of aliphatic carboxylic acids is 1. The predicted molar refractivity (Wildman–Crippen MR) is 64.1 cm³/mol. The SMILES string of the molecule is O=C(O)C1CN=C2CC=Cc3cccnc3C21. The summed E-state index contributed by atoms with van der Waals surface area (Å²) in [6.07, 6.45) is 6.48. The molecule has 2 aliphatic rings. The Morgan fingerprint density at radius 2 is 2.35 bits per heavy atom. The fraction of sp³-hybridized carbons (Fsp3) is 0.308. The summed E-state index contributed by atoms with van der Waals surface area (Å²) in [6, 6.07) is 3.84. The van der Waals surface area contributed by atoms with E-state index in [9.17, 15) is 9.90 Å². The third kappa shape index (κ3) is 1.56. The van der Waals surface area contributed by atoms with Gasteiger partial charge in [0, 0.05) is 18.3 Å². The third-order valence-corrected chi connectivity index (χ3v) is 3.36. The lowest BCUT2D eigenvalue weighted by Gasteiger charge is -2.17. The van der Waals surface area contributed by atoms with Crippen molar-refractivity contribution in [3.8, 4) is 0 Å². The normalized spacial score (nSPS) is 25.8. The number of carbonyl (C=O) groups is 1. The zero-order valence-electron chi connectivity index (χ0n) is 9.21. The van der Waals surface area contributed by atoms with E-state index in [-0.39, 0.29) is 5.92 Å². The fourth-order valence-electron chi connectivity index (χ4n) is 2.55. The Balaban J connectivity index is 2.12. The number of hydrogen-bond acceptors (Lipinski definition) is 3. The van der Waals surface area contributed by atoms with Gasteiger partial charge in [0.05, 0.1) is 24.1 Å². The average molecular weight is 228 g/mol. The Morgan fingerprint density at radius 1 is 1.47 bits per heavy atom. The summed E-state index contributed by atoms with van der Waals surface area (Å²) in [7, 11) is 0. The van der Waals surface area contributed by atoms with Crippen LogP contribution in [0.5, 0.6) is 0 Å². The Morgan fingerprint density at radius 3 is 3.18 bits per heavy atom. The first-order valence-electron chi connectivity index (χ1n) is 5.65. The molecule has 0 amide bonds. The minimum absolute atomic E-state index is 0.154. The third-order valence-electron chi connectivity index (χ3n) is 3.36. The molecule has 2 atom stereocenters. The van der Waals surface area contributed by atoms with E-state index in [2.05, 4.69) is 9.98 Å². The standard InChI is InChI=1S/C13H12N2O2/c16-13(17)9-7-15-10-5-1-3-8-4-2-6-14-12(8)11(9)10/h1-4,6,9,11H,5,7H2,(H,16,17). The number of pyridine rings is 1. The maximum absolute atomic E-state index is 11.3. The van der Waals surface area contributed by atoms with Gasteiger partial charge in [-0.15, -0.1) is 0 Å². The van der Waals surface area contributed by atoms with Crippen LogP contribution in [-0.2, 0) is 4.79 Å². The van der Waals surface area contributed by atoms with E-state index >= 15 is 0 Å². The molecule has 0 saturated heterocycles. The number of aliphatic imine (C=N–C) groups is 1. The molecule has 17 heavy (non-hydrogen) atoms. The van der Waals surface area contributed by atoms with Crippen LogP contribution < -0.4 is 0 Å². The van der Waals surface area contributed by atoms with Gasteiger partial charge in [-0.2, -0.15) is 0 Å². The van der Waals surface area contributed by atoms with E-state index in [0.29, 0.717) is 6.54 Å². The second-order valence-electron chi connectivity index (χ2n) is 4.34. The molecule has 4 heteroatoms. The van der Waals surface area contributed by atoms with Crippen molar-refractivity contribution in [3.63, 3.8) is 0 Å². The number of hydrogen-bond donors (Lipinski definition) is 1. The molecule has 0 fully saturated rings. The second kappa shape index (κ2) is 3.80. The van der Waals surface area contributed by atoms with E-state index in [1.54, 1.807) is 6.20 Å². The molecule has 4 nitrogen and oxygen atoms in total. The summed E-state index contributed by atoms with van der Waals surface area (Å²) in [5.41, 5.74) is 2.81. The van der Waals surface area contributed by atoms with Gasteiger partial charge in [-0.1, -0.05) is 18.2 Å². The van der Waals surface area contributed by atoms with Crippen molar-refractivity contribution < 1.29 is 9.90 Å². The molecule has 1 N–H and O–H groups in total. The van der Waals surface area contributed by atoms with Crippen LogP contribution >= 0.6 is 0 Å². The highest BCUT2D eigenvalue weighted by molar-refractivity contribution is 5.99. The Kier molecular flexibility index (Phi) is 2.28. The molecule has 0 spiro atoms. The van der Waals surface area contributed by atoms with Gasteiger partial charge in [-0.05, 0) is 11.6 Å². The van der Waals surface area contributed by atoms with Crippen LogP contribution in [0.25, 0.3) is 6.08 Å². The number of allylic oxidation sites excluding steroid dienone is 1. The molecule has 1 aromatic rings. The Bertz CT molecular complexity index is 534. The van der Waals surface area contributed by atoms with Crippen LogP contribution in [0.1, 0.15) is 23.6 Å². The zero-order valence-corrected chi connectivity index (χ0v) is 9.21. The molecule has 0 aromatic carbocycles. The molecule has 3 rings (SSSR count). The van der Waals surface area contributed by atoms with Crippen molar-refractivity contribution in [2.45, 2.75) is 12.3 Å². The summed E-state index contributed by atoms with van der Waals surface area (Å²) in [5, 5.41) is 9.25. The van der Waals surface area contributed by atoms with Gasteiger partial charge in [0.15, 0.2) is 0 Å². The van der Waals surface area contributed by atoms with Crippen molar-refractivity contribution in [1.82, 2.24) is 4.98 Å². The largest absolute Gasteiger partial charge is 0.481 e. The minimum Gasteiger partial charge on any atom is -0.481 e. The Labute approximate surface area is 98.7 Å². The van der Waals surface area contributed by atoms with Gasteiger partial charge in [0.25, 0.3) is 0 Å². The number of aromatic nitrogens is 1. The molecule has 1 aliphatic heterocycles. The van der Waals surface area contributed by atoms with Gasteiger partial charge >= 0.3 is 5.97 Å². The highest BCUT2D eigenvalue weighted by Gasteiger charge is 2.39. The van der Waals surface area contributed by atoms with E-state index in [1.165, 1.54) is 0 Å². The van der Waals surface area contributed by atoms with Crippen LogP contribution in [0.4, 0.5) is 0 Å². The van der Waals surface area contributed by atoms with E-state index in [4.69, 9.17) is 0 Å². The monoisotopic (exact) mass is 228 g/mol. The van der Waals surface area contributed by atoms with Crippen LogP contribution in [-0.4, -0.2) is 28.3 Å². The lowest BCUT2D eigenvalue weighted by atomic mass is 9.86. The van der Waals surface area contributed by atoms with Crippen molar-refractivity contribution in [1.29, 1.82) is 0 Å². The van der Waals surface area contributed by atoms with Crippen molar-refractivity contribution in [2.75, 3.05) is 6.54 Å². The molecule has 1 aromatic heterocycles. The molecule has 86 valence electrons. The molecular weight excluding hydrogens is 216 g/mol. The average Bonchev–Trinajstić information content (AvgIpc) is 2.66. The summed E-state index contributed by atoms with van der Waals surface area (Å²) in [5.74, 6) is -1.40. The van der Waals surface area contributed by atoms with Gasteiger partial charge in [-0.3, -0.25) is 14.8 Å². The van der Waals surface area contributed by atoms with E-state index in [1.807, 2.05) is 24.3 Å². The fourth-order valence-corrected chi connectivity index (χ4v) is 2.55. The molecule has 2 heterocycles. The molecule has 2 unspecified atom stereocenters. The topological polar surface area (TPSA) is 62.5 Å². The van der Waals surface area contributed by atoms with Crippen LogP contribution in [0.15, 0.2) is 29.4 Å². The molecule has 0 saturated carbocycles. The summed E-state index contributed by atoms with van der Waals surface area (Å²) < 4.78 is 0. The number of carboxylic acid groups (broad SMARTS) is 1. The highest BCUT2D eigenvalue weighted by atomic mass is 16.4. The van der Waals surface area contributed by atoms with Crippen LogP contribution in [0.3, 0.4) is 0 Å². The molecule has 1 aliphatic carbocycles. The maximum Gasteiger partial charge on any atom is 0.309 e. The molecular formula is C13H12N2O2. The summed E-state index contributed by atoms with van der Waals surface area (Å²) in [6.45, 7) is 0.374. The lowest BCUT2D eigenvalue weighted by Crippen LogP contribution is -2.25. The lowest BCUT2D eigenvalue weighted by molar-refractivity contribution is -0.141. The van der Waals surface area contributed by atoms with Gasteiger partial charge in [0.2, 0.25) is 0 Å². The predicted octanol–water partition coefficient (Wildman–Crippen LogP) is 1.74. The first kappa shape index (κ1) is 10.2. The number of fused-ring (bicyclic) bond motifs is 3. The number of carboxylic acids is 1. The van der Waals surface area contributed by atoms with Crippen molar-refractivity contribution in [3.05, 3.63) is 35.7 Å². The highest BCUT2D eigenvalue weighted by Crippen LogP contribution is 2.36. The number of nitrogens with zero attached hydrogens (tertiary/aromatic N) is 2. The Hall–Kier alpha value is -1.97. The van der Waals surface area contributed by atoms with Gasteiger partial charge < -0.3 is 5.11 Å². The zero-order chi connectivity index (χ0) is 11.8. The maximum atomic E-state index is 11.3.